The van der Waals surface area contributed by atoms with Crippen molar-refractivity contribution in [2.75, 3.05) is 7.11 Å². The number of aromatic nitrogens is 2. The number of aryl methyl sites for hydroxylation is 1. The van der Waals surface area contributed by atoms with Crippen molar-refractivity contribution >= 4 is 17.5 Å². The van der Waals surface area contributed by atoms with E-state index in [1.807, 2.05) is 27.1 Å². The van der Waals surface area contributed by atoms with Crippen molar-refractivity contribution in [3.63, 3.8) is 0 Å². The van der Waals surface area contributed by atoms with Gasteiger partial charge in [0.25, 0.3) is 0 Å². The molecule has 0 radical (unpaired) electrons. The van der Waals surface area contributed by atoms with E-state index < -0.39 is 0 Å². The zero-order valence-corrected chi connectivity index (χ0v) is 17.0. The lowest BCUT2D eigenvalue weighted by Gasteiger charge is -2.27. The van der Waals surface area contributed by atoms with E-state index in [2.05, 4.69) is 49.9 Å². The topological polar surface area (TPSA) is 30.4 Å². The standard InChI is InChI=1S/C18H33ClN3O/c1-16(2,3)13-22-11-10-21(8)15(22)14(23-9)20-18(6,7)12-17(4,5)19/h10-11H,12-13H2,1-9H3/q+1. The van der Waals surface area contributed by atoms with E-state index in [1.165, 1.54) is 0 Å². The number of methoxy groups -OCH3 is 1. The molecule has 0 unspecified atom stereocenters. The zero-order chi connectivity index (χ0) is 18.1. The first-order valence-electron chi connectivity index (χ1n) is 8.12. The van der Waals surface area contributed by atoms with E-state index in [9.17, 15) is 0 Å². The smallest absolute Gasteiger partial charge is 0.344 e. The number of hydrogen-bond donors (Lipinski definition) is 0. The van der Waals surface area contributed by atoms with Gasteiger partial charge in [-0.05, 0) is 39.5 Å². The van der Waals surface area contributed by atoms with Gasteiger partial charge in [0.1, 0.15) is 12.4 Å². The third-order valence-corrected chi connectivity index (χ3v) is 3.50. The van der Waals surface area contributed by atoms with Crippen LogP contribution >= 0.6 is 11.6 Å². The van der Waals surface area contributed by atoms with Gasteiger partial charge in [-0.25, -0.2) is 14.1 Å². The summed E-state index contributed by atoms with van der Waals surface area (Å²) in [5, 5.41) is 0. The van der Waals surface area contributed by atoms with Crippen LogP contribution in [0.2, 0.25) is 0 Å². The molecule has 0 N–H and O–H groups in total. The molecule has 1 aromatic rings. The Labute approximate surface area is 146 Å². The fraction of sp³-hybridized carbons (Fsp3) is 0.778. The Balaban J connectivity index is 3.25. The largest absolute Gasteiger partial charge is 0.475 e. The number of halogens is 1. The summed E-state index contributed by atoms with van der Waals surface area (Å²) < 4.78 is 9.90. The molecule has 1 heterocycles. The Kier molecular flexibility index (Phi) is 5.95. The summed E-state index contributed by atoms with van der Waals surface area (Å²) in [4.78, 5) is 4.57. The van der Waals surface area contributed by atoms with Crippen LogP contribution < -0.4 is 4.57 Å². The molecule has 5 heteroatoms. The molecule has 0 amide bonds. The summed E-state index contributed by atoms with van der Waals surface area (Å²) in [6, 6.07) is 0. The monoisotopic (exact) mass is 342 g/mol. The molecule has 4 nitrogen and oxygen atoms in total. The highest BCUT2D eigenvalue weighted by Gasteiger charge is 2.31. The van der Waals surface area contributed by atoms with E-state index in [1.54, 1.807) is 7.11 Å². The van der Waals surface area contributed by atoms with Crippen LogP contribution in [0.5, 0.6) is 0 Å². The number of aliphatic imine (C=N–C) groups is 1. The van der Waals surface area contributed by atoms with Gasteiger partial charge in [-0.3, -0.25) is 0 Å². The van der Waals surface area contributed by atoms with Crippen LogP contribution in [0.4, 0.5) is 0 Å². The van der Waals surface area contributed by atoms with Crippen molar-refractivity contribution in [2.24, 2.45) is 17.5 Å². The predicted molar refractivity (Wildman–Crippen MR) is 97.2 cm³/mol. The van der Waals surface area contributed by atoms with Crippen molar-refractivity contribution in [1.82, 2.24) is 4.57 Å². The average molecular weight is 343 g/mol. The van der Waals surface area contributed by atoms with Gasteiger partial charge < -0.3 is 4.74 Å². The first-order chi connectivity index (χ1) is 10.2. The quantitative estimate of drug-likeness (QED) is 0.345. The molecule has 23 heavy (non-hydrogen) atoms. The number of alkyl halides is 1. The summed E-state index contributed by atoms with van der Waals surface area (Å²) >= 11 is 6.40. The molecule has 0 aliphatic carbocycles. The maximum Gasteiger partial charge on any atom is 0.344 e. The summed E-state index contributed by atoms with van der Waals surface area (Å²) in [7, 11) is 3.69. The first-order valence-corrected chi connectivity index (χ1v) is 8.50. The molecule has 1 aromatic heterocycles. The molecule has 0 fully saturated rings. The normalized spacial score (nSPS) is 14.3. The molecule has 0 saturated heterocycles. The number of imidazole rings is 1. The van der Waals surface area contributed by atoms with Crippen molar-refractivity contribution in [3.8, 4) is 0 Å². The lowest BCUT2D eigenvalue weighted by atomic mass is 9.93. The lowest BCUT2D eigenvalue weighted by molar-refractivity contribution is -0.672. The van der Waals surface area contributed by atoms with E-state index in [4.69, 9.17) is 21.3 Å². The van der Waals surface area contributed by atoms with Gasteiger partial charge in [-0.2, -0.15) is 0 Å². The zero-order valence-electron chi connectivity index (χ0n) is 16.2. The van der Waals surface area contributed by atoms with Crippen LogP contribution in [0.15, 0.2) is 17.4 Å². The van der Waals surface area contributed by atoms with Gasteiger partial charge in [0, 0.05) is 4.87 Å². The SMILES string of the molecule is COC(=NC(C)(C)CC(C)(C)Cl)c1n(CC(C)(C)C)cc[n+]1C. The molecular weight excluding hydrogens is 310 g/mol. The average Bonchev–Trinajstić information content (AvgIpc) is 2.62. The molecule has 1 rings (SSSR count). The van der Waals surface area contributed by atoms with Gasteiger partial charge in [-0.15, -0.1) is 11.6 Å². The molecule has 0 aliphatic heterocycles. The van der Waals surface area contributed by atoms with Crippen LogP contribution in [0, 0.1) is 5.41 Å². The second-order valence-corrected chi connectivity index (χ2v) is 9.77. The maximum atomic E-state index is 6.40. The van der Waals surface area contributed by atoms with Crippen molar-refractivity contribution in [1.29, 1.82) is 0 Å². The highest BCUT2D eigenvalue weighted by atomic mass is 35.5. The van der Waals surface area contributed by atoms with E-state index in [-0.39, 0.29) is 15.8 Å². The second kappa shape index (κ2) is 6.84. The Morgan fingerprint density at radius 1 is 1.22 bits per heavy atom. The van der Waals surface area contributed by atoms with Crippen LogP contribution in [-0.2, 0) is 18.3 Å². The van der Waals surface area contributed by atoms with Gasteiger partial charge in [-0.1, -0.05) is 20.8 Å². The Bertz CT molecular complexity index is 560. The van der Waals surface area contributed by atoms with Gasteiger partial charge in [0.05, 0.1) is 26.2 Å². The van der Waals surface area contributed by atoms with Crippen molar-refractivity contribution in [3.05, 3.63) is 18.2 Å². The number of nitrogens with zero attached hydrogens (tertiary/aromatic N) is 3. The molecular formula is C18H33ClN3O+. The van der Waals surface area contributed by atoms with Crippen molar-refractivity contribution < 1.29 is 9.30 Å². The van der Waals surface area contributed by atoms with Gasteiger partial charge >= 0.3 is 11.7 Å². The fourth-order valence-electron chi connectivity index (χ4n) is 2.97. The van der Waals surface area contributed by atoms with E-state index in [0.29, 0.717) is 5.90 Å². The summed E-state index contributed by atoms with van der Waals surface area (Å²) in [5.41, 5.74) is -0.131. The number of hydrogen-bond acceptors (Lipinski definition) is 2. The molecule has 132 valence electrons. The predicted octanol–water partition coefficient (Wildman–Crippen LogP) is 3.94. The Morgan fingerprint density at radius 2 is 1.78 bits per heavy atom. The summed E-state index contributed by atoms with van der Waals surface area (Å²) in [6.45, 7) is 15.8. The molecule has 0 aromatic carbocycles. The van der Waals surface area contributed by atoms with Gasteiger partial charge in [0.2, 0.25) is 0 Å². The Morgan fingerprint density at radius 3 is 2.22 bits per heavy atom. The van der Waals surface area contributed by atoms with Gasteiger partial charge in [0.15, 0.2) is 0 Å². The molecule has 0 atom stereocenters. The van der Waals surface area contributed by atoms with Crippen molar-refractivity contribution in [2.45, 2.75) is 71.8 Å². The highest BCUT2D eigenvalue weighted by Crippen LogP contribution is 2.29. The maximum absolute atomic E-state index is 6.40. The molecule has 0 saturated carbocycles. The Hall–Kier alpha value is -1.03. The van der Waals surface area contributed by atoms with E-state index >= 15 is 0 Å². The molecule has 0 aliphatic rings. The lowest BCUT2D eigenvalue weighted by Crippen LogP contribution is -2.39. The third kappa shape index (κ3) is 6.54. The second-order valence-electron chi connectivity index (χ2n) is 8.75. The van der Waals surface area contributed by atoms with Crippen LogP contribution in [0.1, 0.15) is 60.7 Å². The van der Waals surface area contributed by atoms with Crippen LogP contribution in [-0.4, -0.2) is 28.0 Å². The minimum absolute atomic E-state index is 0.174. The van der Waals surface area contributed by atoms with Crippen LogP contribution in [0.3, 0.4) is 0 Å². The van der Waals surface area contributed by atoms with E-state index in [0.717, 1.165) is 18.8 Å². The highest BCUT2D eigenvalue weighted by molar-refractivity contribution is 6.23. The summed E-state index contributed by atoms with van der Waals surface area (Å²) in [6.07, 6.45) is 4.87. The molecule has 0 spiro atoms. The summed E-state index contributed by atoms with van der Waals surface area (Å²) in [5.74, 6) is 1.62. The fourth-order valence-corrected chi connectivity index (χ4v) is 3.29. The minimum atomic E-state index is -0.305. The number of ether oxygens (including phenoxy) is 1. The first kappa shape index (κ1) is 20.0. The molecule has 0 bridgehead atoms. The number of rotatable bonds is 5. The third-order valence-electron chi connectivity index (χ3n) is 3.36. The minimum Gasteiger partial charge on any atom is -0.475 e. The van der Waals surface area contributed by atoms with Crippen LogP contribution in [0.25, 0.3) is 0 Å².